The molecule has 0 fully saturated rings. The molecule has 104 valence electrons. The zero-order chi connectivity index (χ0) is 14.8. The van der Waals surface area contributed by atoms with Gasteiger partial charge in [0.1, 0.15) is 5.52 Å². The molecular formula is C16H11ClN2O2. The fourth-order valence-corrected chi connectivity index (χ4v) is 2.16. The third kappa shape index (κ3) is 2.66. The molecule has 3 rings (SSSR count). The first kappa shape index (κ1) is 13.4. The molecule has 1 amide bonds. The van der Waals surface area contributed by atoms with Gasteiger partial charge in [0.15, 0.2) is 5.58 Å². The fraction of sp³-hybridized carbons (Fsp3) is 0. The summed E-state index contributed by atoms with van der Waals surface area (Å²) in [6, 6.07) is 12.6. The summed E-state index contributed by atoms with van der Waals surface area (Å²) in [6.07, 6.45) is 1.21. The van der Waals surface area contributed by atoms with Gasteiger partial charge in [0.2, 0.25) is 11.8 Å². The molecule has 2 aromatic carbocycles. The van der Waals surface area contributed by atoms with E-state index in [1.54, 1.807) is 24.3 Å². The Morgan fingerprint density at radius 2 is 2.10 bits per heavy atom. The van der Waals surface area contributed by atoms with Crippen molar-refractivity contribution in [3.05, 3.63) is 60.1 Å². The Kier molecular flexibility index (Phi) is 3.46. The fourth-order valence-electron chi connectivity index (χ4n) is 1.95. The molecule has 0 atom stereocenters. The maximum Gasteiger partial charge on any atom is 0.247 e. The van der Waals surface area contributed by atoms with E-state index >= 15 is 0 Å². The lowest BCUT2D eigenvalue weighted by Gasteiger charge is -2.00. The molecule has 1 N–H and O–H groups in total. The minimum absolute atomic E-state index is 0.274. The molecule has 5 heteroatoms. The van der Waals surface area contributed by atoms with Gasteiger partial charge in [-0.2, -0.15) is 0 Å². The number of carbonyl (C=O) groups excluding carboxylic acids is 1. The van der Waals surface area contributed by atoms with Crippen molar-refractivity contribution in [3.8, 4) is 11.5 Å². The summed E-state index contributed by atoms with van der Waals surface area (Å²) < 4.78 is 5.69. The summed E-state index contributed by atoms with van der Waals surface area (Å²) in [5.74, 6) is 0.173. The number of carbonyl (C=O) groups is 1. The summed E-state index contributed by atoms with van der Waals surface area (Å²) in [7, 11) is 0. The van der Waals surface area contributed by atoms with Crippen LogP contribution in [0.2, 0.25) is 5.02 Å². The predicted octanol–water partition coefficient (Wildman–Crippen LogP) is 4.27. The van der Waals surface area contributed by atoms with Crippen LogP contribution in [0, 0.1) is 0 Å². The Balaban J connectivity index is 2.02. The van der Waals surface area contributed by atoms with E-state index < -0.39 is 0 Å². The van der Waals surface area contributed by atoms with Crippen molar-refractivity contribution in [3.63, 3.8) is 0 Å². The number of hydrogen-bond donors (Lipinski definition) is 1. The largest absolute Gasteiger partial charge is 0.436 e. The number of rotatable bonds is 3. The Morgan fingerprint density at radius 3 is 2.86 bits per heavy atom. The lowest BCUT2D eigenvalue weighted by atomic mass is 10.2. The van der Waals surface area contributed by atoms with Crippen molar-refractivity contribution in [1.82, 2.24) is 4.98 Å². The van der Waals surface area contributed by atoms with E-state index in [0.717, 1.165) is 5.56 Å². The van der Waals surface area contributed by atoms with Crippen LogP contribution >= 0.6 is 11.6 Å². The van der Waals surface area contributed by atoms with Crippen LogP contribution in [0.5, 0.6) is 0 Å². The third-order valence-corrected chi connectivity index (χ3v) is 3.27. The van der Waals surface area contributed by atoms with Crippen LogP contribution in [0.25, 0.3) is 22.6 Å². The number of halogens is 1. The molecule has 0 aliphatic carbocycles. The molecule has 0 spiro atoms. The SMILES string of the molecule is C=CC(=O)Nc1ccc2oc(-c3ccccc3Cl)nc2c1. The van der Waals surface area contributed by atoms with Crippen LogP contribution in [0.4, 0.5) is 5.69 Å². The van der Waals surface area contributed by atoms with Crippen molar-refractivity contribution in [2.75, 3.05) is 5.32 Å². The highest BCUT2D eigenvalue weighted by molar-refractivity contribution is 6.33. The second-order valence-corrected chi connectivity index (χ2v) is 4.78. The van der Waals surface area contributed by atoms with Gasteiger partial charge in [-0.1, -0.05) is 30.3 Å². The Hall–Kier alpha value is -2.59. The monoisotopic (exact) mass is 298 g/mol. The first-order chi connectivity index (χ1) is 10.2. The maximum absolute atomic E-state index is 11.3. The van der Waals surface area contributed by atoms with Crippen molar-refractivity contribution < 1.29 is 9.21 Å². The summed E-state index contributed by atoms with van der Waals surface area (Å²) in [4.78, 5) is 15.7. The van der Waals surface area contributed by atoms with E-state index in [1.165, 1.54) is 6.08 Å². The first-order valence-corrected chi connectivity index (χ1v) is 6.64. The van der Waals surface area contributed by atoms with Gasteiger partial charge in [-0.25, -0.2) is 4.98 Å². The number of nitrogens with zero attached hydrogens (tertiary/aromatic N) is 1. The third-order valence-electron chi connectivity index (χ3n) is 2.94. The number of hydrogen-bond acceptors (Lipinski definition) is 3. The van der Waals surface area contributed by atoms with Gasteiger partial charge in [-0.05, 0) is 36.4 Å². The number of oxazole rings is 1. The summed E-state index contributed by atoms with van der Waals surface area (Å²) >= 11 is 6.14. The van der Waals surface area contributed by atoms with E-state index in [-0.39, 0.29) is 5.91 Å². The lowest BCUT2D eigenvalue weighted by molar-refractivity contribution is -0.111. The molecule has 0 unspecified atom stereocenters. The molecule has 0 aliphatic heterocycles. The zero-order valence-corrected chi connectivity index (χ0v) is 11.7. The van der Waals surface area contributed by atoms with Gasteiger partial charge in [0.05, 0.1) is 10.6 Å². The van der Waals surface area contributed by atoms with E-state index in [4.69, 9.17) is 16.0 Å². The van der Waals surface area contributed by atoms with E-state index in [0.29, 0.717) is 27.7 Å². The number of anilines is 1. The highest BCUT2D eigenvalue weighted by atomic mass is 35.5. The van der Waals surface area contributed by atoms with Gasteiger partial charge in [-0.3, -0.25) is 4.79 Å². The molecule has 1 heterocycles. The van der Waals surface area contributed by atoms with Crippen LogP contribution in [0.15, 0.2) is 59.5 Å². The summed E-state index contributed by atoms with van der Waals surface area (Å²) in [6.45, 7) is 3.41. The topological polar surface area (TPSA) is 55.1 Å². The van der Waals surface area contributed by atoms with Crippen LogP contribution in [0.3, 0.4) is 0 Å². The summed E-state index contributed by atoms with van der Waals surface area (Å²) in [5.41, 5.74) is 2.63. The van der Waals surface area contributed by atoms with Crippen LogP contribution in [-0.2, 0) is 4.79 Å². The molecule has 1 aromatic heterocycles. The molecule has 0 saturated heterocycles. The maximum atomic E-state index is 11.3. The molecule has 0 aliphatic rings. The van der Waals surface area contributed by atoms with Gasteiger partial charge in [0, 0.05) is 5.69 Å². The second-order valence-electron chi connectivity index (χ2n) is 4.37. The molecule has 3 aromatic rings. The minimum Gasteiger partial charge on any atom is -0.436 e. The zero-order valence-electron chi connectivity index (χ0n) is 11.0. The number of amides is 1. The molecule has 0 saturated carbocycles. The average molecular weight is 299 g/mol. The van der Waals surface area contributed by atoms with E-state index in [1.807, 2.05) is 18.2 Å². The van der Waals surface area contributed by atoms with Crippen molar-refractivity contribution in [2.24, 2.45) is 0 Å². The molecular weight excluding hydrogens is 288 g/mol. The highest BCUT2D eigenvalue weighted by Gasteiger charge is 2.11. The average Bonchev–Trinajstić information content (AvgIpc) is 2.90. The van der Waals surface area contributed by atoms with Gasteiger partial charge in [-0.15, -0.1) is 0 Å². The number of aromatic nitrogens is 1. The minimum atomic E-state index is -0.274. The quantitative estimate of drug-likeness (QED) is 0.735. The first-order valence-electron chi connectivity index (χ1n) is 6.26. The lowest BCUT2D eigenvalue weighted by Crippen LogP contribution is -2.06. The number of fused-ring (bicyclic) bond motifs is 1. The van der Waals surface area contributed by atoms with Crippen LogP contribution in [0.1, 0.15) is 0 Å². The number of nitrogens with one attached hydrogen (secondary N) is 1. The Labute approximate surface area is 126 Å². The second kappa shape index (κ2) is 5.42. The molecule has 4 nitrogen and oxygen atoms in total. The van der Waals surface area contributed by atoms with E-state index in [9.17, 15) is 4.79 Å². The smallest absolute Gasteiger partial charge is 0.247 e. The predicted molar refractivity (Wildman–Crippen MR) is 83.3 cm³/mol. The van der Waals surface area contributed by atoms with E-state index in [2.05, 4.69) is 16.9 Å². The number of benzene rings is 2. The van der Waals surface area contributed by atoms with Gasteiger partial charge in [0.25, 0.3) is 0 Å². The van der Waals surface area contributed by atoms with Crippen molar-refractivity contribution in [1.29, 1.82) is 0 Å². The Bertz CT molecular complexity index is 839. The van der Waals surface area contributed by atoms with Crippen molar-refractivity contribution >= 4 is 34.3 Å². The van der Waals surface area contributed by atoms with Crippen molar-refractivity contribution in [2.45, 2.75) is 0 Å². The Morgan fingerprint density at radius 1 is 1.29 bits per heavy atom. The molecule has 0 radical (unpaired) electrons. The normalized spacial score (nSPS) is 10.5. The van der Waals surface area contributed by atoms with Gasteiger partial charge >= 0.3 is 0 Å². The highest BCUT2D eigenvalue weighted by Crippen LogP contribution is 2.30. The van der Waals surface area contributed by atoms with Crippen LogP contribution < -0.4 is 5.32 Å². The standard InChI is InChI=1S/C16H11ClN2O2/c1-2-15(20)18-10-7-8-14-13(9-10)19-16(21-14)11-5-3-4-6-12(11)17/h2-9H,1H2,(H,18,20). The van der Waals surface area contributed by atoms with Crippen LogP contribution in [-0.4, -0.2) is 10.9 Å². The molecule has 21 heavy (non-hydrogen) atoms. The summed E-state index contributed by atoms with van der Waals surface area (Å²) in [5, 5.41) is 3.25. The van der Waals surface area contributed by atoms with Gasteiger partial charge < -0.3 is 9.73 Å². The molecule has 0 bridgehead atoms.